The van der Waals surface area contributed by atoms with E-state index >= 15 is 0 Å². The molecule has 0 aliphatic rings. The highest BCUT2D eigenvalue weighted by atomic mass is 32.2. The summed E-state index contributed by atoms with van der Waals surface area (Å²) in [7, 11) is -2.35. The summed E-state index contributed by atoms with van der Waals surface area (Å²) >= 11 is 3.36. The zero-order valence-corrected chi connectivity index (χ0v) is 14.2. The van der Waals surface area contributed by atoms with Gasteiger partial charge in [0, 0.05) is 0 Å². The van der Waals surface area contributed by atoms with E-state index in [4.69, 9.17) is 0 Å². The maximum Gasteiger partial charge on any atom is 0.130 e. The molecule has 0 aliphatic heterocycles. The van der Waals surface area contributed by atoms with Crippen molar-refractivity contribution in [2.45, 2.75) is 39.3 Å². The van der Waals surface area contributed by atoms with Crippen LogP contribution in [0.15, 0.2) is 0 Å². The highest BCUT2D eigenvalue weighted by Crippen LogP contribution is 2.10. The summed E-state index contributed by atoms with van der Waals surface area (Å²) in [5.41, 5.74) is 6.66. The average Bonchev–Trinajstić information content (AvgIpc) is 1.98. The first-order valence-electron chi connectivity index (χ1n) is 4.99. The number of rotatable bonds is 2. The number of hydrogen-bond acceptors (Lipinski definition) is 2. The minimum atomic E-state index is -1.18. The Bertz CT molecular complexity index is 270. The fourth-order valence-electron chi connectivity index (χ4n) is 0.467. The first-order chi connectivity index (χ1) is 6.71. The minimum Gasteiger partial charge on any atom is -0.120 e. The van der Waals surface area contributed by atoms with Gasteiger partial charge in [-0.1, -0.05) is 62.8 Å². The van der Waals surface area contributed by atoms with Crippen LogP contribution >= 0.6 is 23.5 Å². The van der Waals surface area contributed by atoms with Gasteiger partial charge in [0.1, 0.15) is 16.1 Å². The molecule has 0 amide bonds. The Morgan fingerprint density at radius 2 is 1.07 bits per heavy atom. The van der Waals surface area contributed by atoms with E-state index < -0.39 is 16.1 Å². The number of thioether (sulfide) groups is 2. The van der Waals surface area contributed by atoms with Gasteiger partial charge in [-0.3, -0.25) is 0 Å². The van der Waals surface area contributed by atoms with Crippen LogP contribution in [0, 0.1) is 21.6 Å². The molecule has 0 fully saturated rings. The fourth-order valence-corrected chi connectivity index (χ4v) is 4.20. The van der Waals surface area contributed by atoms with Gasteiger partial charge in [0.25, 0.3) is 0 Å². The lowest BCUT2D eigenvalue weighted by molar-refractivity contribution is 1.81. The molecule has 0 saturated carbocycles. The van der Waals surface area contributed by atoms with Crippen LogP contribution in [0.1, 0.15) is 0 Å². The summed E-state index contributed by atoms with van der Waals surface area (Å²) in [6, 6.07) is 0. The lowest BCUT2D eigenvalue weighted by Gasteiger charge is -2.03. The summed E-state index contributed by atoms with van der Waals surface area (Å²) < 4.78 is 0. The molecular formula is C11H20S2Si2. The van der Waals surface area contributed by atoms with Gasteiger partial charge < -0.3 is 0 Å². The van der Waals surface area contributed by atoms with Gasteiger partial charge in [-0.05, 0) is 10.5 Å². The second kappa shape index (κ2) is 6.75. The average molecular weight is 273 g/mol. The highest BCUT2D eigenvalue weighted by molar-refractivity contribution is 8.20. The first-order valence-corrected chi connectivity index (χ1v) is 14.0. The van der Waals surface area contributed by atoms with Crippen molar-refractivity contribution in [3.63, 3.8) is 0 Å². The van der Waals surface area contributed by atoms with Gasteiger partial charge in [0.15, 0.2) is 0 Å². The molecule has 0 saturated heterocycles. The topological polar surface area (TPSA) is 0 Å². The van der Waals surface area contributed by atoms with Gasteiger partial charge >= 0.3 is 0 Å². The van der Waals surface area contributed by atoms with E-state index in [-0.39, 0.29) is 0 Å². The normalized spacial score (nSPS) is 11.1. The zero-order valence-electron chi connectivity index (χ0n) is 10.5. The Hall–Kier alpha value is 0.254. The Labute approximate surface area is 105 Å². The monoisotopic (exact) mass is 272 g/mol. The van der Waals surface area contributed by atoms with Crippen LogP contribution in [0.5, 0.6) is 0 Å². The van der Waals surface area contributed by atoms with Gasteiger partial charge in [0.2, 0.25) is 0 Å². The Morgan fingerprint density at radius 3 is 1.33 bits per heavy atom. The lowest BCUT2D eigenvalue weighted by Crippen LogP contribution is -2.16. The van der Waals surface area contributed by atoms with Crippen molar-refractivity contribution in [2.24, 2.45) is 0 Å². The SMILES string of the molecule is C[Si](C)(C)C#CSCSC#C[Si](C)(C)C. The standard InChI is InChI=1S/C11H20S2Si2/c1-14(2,3)9-7-12-11-13-8-10-15(4,5)6/h11H2,1-6H3. The third-order valence-electron chi connectivity index (χ3n) is 1.11. The van der Waals surface area contributed by atoms with Gasteiger partial charge in [-0.15, -0.1) is 11.1 Å². The molecule has 0 heterocycles. The Kier molecular flexibility index (Phi) is 6.87. The van der Waals surface area contributed by atoms with E-state index in [9.17, 15) is 0 Å². The number of hydrogen-bond donors (Lipinski definition) is 0. The predicted octanol–water partition coefficient (Wildman–Crippen LogP) is 4.09. The van der Waals surface area contributed by atoms with Crippen molar-refractivity contribution >= 4 is 39.7 Å². The molecule has 0 atom stereocenters. The summed E-state index contributed by atoms with van der Waals surface area (Å²) in [6.45, 7) is 13.6. The van der Waals surface area contributed by atoms with Crippen LogP contribution in [0.25, 0.3) is 0 Å². The predicted molar refractivity (Wildman–Crippen MR) is 82.3 cm³/mol. The van der Waals surface area contributed by atoms with Crippen molar-refractivity contribution in [3.05, 3.63) is 0 Å². The Morgan fingerprint density at radius 1 is 0.733 bits per heavy atom. The van der Waals surface area contributed by atoms with Crippen molar-refractivity contribution in [3.8, 4) is 21.6 Å². The van der Waals surface area contributed by atoms with Crippen molar-refractivity contribution in [1.29, 1.82) is 0 Å². The summed E-state index contributed by atoms with van der Waals surface area (Å²) in [6.07, 6.45) is 0. The summed E-state index contributed by atoms with van der Waals surface area (Å²) in [5.74, 6) is 0. The molecule has 0 aromatic heterocycles. The largest absolute Gasteiger partial charge is 0.130 e. The van der Waals surface area contributed by atoms with Crippen molar-refractivity contribution in [2.75, 3.05) is 5.08 Å². The second-order valence-electron chi connectivity index (χ2n) is 5.36. The minimum absolute atomic E-state index is 0.967. The molecule has 15 heavy (non-hydrogen) atoms. The molecule has 0 aliphatic carbocycles. The van der Waals surface area contributed by atoms with E-state index in [0.29, 0.717) is 0 Å². The molecule has 0 bridgehead atoms. The van der Waals surface area contributed by atoms with Crippen LogP contribution in [0.4, 0.5) is 0 Å². The first kappa shape index (κ1) is 15.3. The third kappa shape index (κ3) is 14.3. The molecule has 84 valence electrons. The van der Waals surface area contributed by atoms with Crippen molar-refractivity contribution < 1.29 is 0 Å². The Balaban J connectivity index is 3.72. The lowest BCUT2D eigenvalue weighted by atomic mass is 11.4. The quantitative estimate of drug-likeness (QED) is 0.321. The molecule has 0 radical (unpaired) electrons. The molecule has 4 heteroatoms. The van der Waals surface area contributed by atoms with Gasteiger partial charge in [0.05, 0.1) is 5.08 Å². The van der Waals surface area contributed by atoms with Crippen LogP contribution in [-0.2, 0) is 0 Å². The van der Waals surface area contributed by atoms with E-state index in [2.05, 4.69) is 60.9 Å². The van der Waals surface area contributed by atoms with Crippen molar-refractivity contribution in [1.82, 2.24) is 0 Å². The van der Waals surface area contributed by atoms with E-state index in [0.717, 1.165) is 5.08 Å². The van der Waals surface area contributed by atoms with E-state index in [1.165, 1.54) is 0 Å². The molecule has 0 spiro atoms. The van der Waals surface area contributed by atoms with Crippen LogP contribution in [0.2, 0.25) is 39.3 Å². The third-order valence-corrected chi connectivity index (χ3v) is 4.66. The molecule has 0 unspecified atom stereocenters. The second-order valence-corrected chi connectivity index (χ2v) is 16.8. The molecule has 0 aromatic rings. The van der Waals surface area contributed by atoms with Gasteiger partial charge in [-0.2, -0.15) is 0 Å². The van der Waals surface area contributed by atoms with E-state index in [1.54, 1.807) is 23.5 Å². The maximum absolute atomic E-state index is 3.33. The molecule has 0 rings (SSSR count). The van der Waals surface area contributed by atoms with Crippen LogP contribution < -0.4 is 0 Å². The maximum atomic E-state index is 3.33. The molecule has 0 N–H and O–H groups in total. The van der Waals surface area contributed by atoms with Crippen LogP contribution in [0.3, 0.4) is 0 Å². The zero-order chi connectivity index (χ0) is 11.9. The van der Waals surface area contributed by atoms with Gasteiger partial charge in [-0.25, -0.2) is 0 Å². The molecule has 0 aromatic carbocycles. The van der Waals surface area contributed by atoms with Crippen LogP contribution in [-0.4, -0.2) is 21.2 Å². The summed E-state index contributed by atoms with van der Waals surface area (Å²) in [4.78, 5) is 0. The summed E-state index contributed by atoms with van der Waals surface area (Å²) in [5, 5.41) is 7.32. The molecular weight excluding hydrogens is 252 g/mol. The fraction of sp³-hybridized carbons (Fsp3) is 0.636. The smallest absolute Gasteiger partial charge is 0.120 e. The molecule has 0 nitrogen and oxygen atoms in total. The van der Waals surface area contributed by atoms with E-state index in [1.807, 2.05) is 0 Å². The highest BCUT2D eigenvalue weighted by Gasteiger charge is 2.07.